The van der Waals surface area contributed by atoms with Gasteiger partial charge in [0.2, 0.25) is 5.95 Å². The average Bonchev–Trinajstić information content (AvgIpc) is 2.68. The molecule has 0 aliphatic carbocycles. The fraction of sp³-hybridized carbons (Fsp3) is 0.273. The fourth-order valence-electron chi connectivity index (χ4n) is 3.61. The Labute approximate surface area is 164 Å². The maximum absolute atomic E-state index is 13.1. The van der Waals surface area contributed by atoms with Gasteiger partial charge in [0.1, 0.15) is 11.6 Å². The second-order valence-electron chi connectivity index (χ2n) is 7.19. The van der Waals surface area contributed by atoms with Gasteiger partial charge < -0.3 is 15.1 Å². The smallest absolute Gasteiger partial charge is 0.229 e. The number of nitrogens with zero attached hydrogens (tertiary/aromatic N) is 4. The lowest BCUT2D eigenvalue weighted by Crippen LogP contribution is -2.46. The minimum absolute atomic E-state index is 0.202. The largest absolute Gasteiger partial charge is 0.368 e. The third-order valence-corrected chi connectivity index (χ3v) is 4.91. The molecule has 2 aromatic carbocycles. The Bertz CT molecular complexity index is 929. The van der Waals surface area contributed by atoms with E-state index in [0.717, 1.165) is 43.4 Å². The van der Waals surface area contributed by atoms with Gasteiger partial charge in [-0.15, -0.1) is 0 Å². The summed E-state index contributed by atoms with van der Waals surface area (Å²) in [5, 5.41) is 3.31. The van der Waals surface area contributed by atoms with Crippen molar-refractivity contribution in [1.29, 1.82) is 0 Å². The Hall–Kier alpha value is -3.15. The normalized spacial score (nSPS) is 14.2. The molecule has 3 aromatic rings. The first kappa shape index (κ1) is 18.2. The molecule has 1 aromatic heterocycles. The van der Waals surface area contributed by atoms with Gasteiger partial charge in [-0.1, -0.05) is 6.07 Å². The predicted octanol–water partition coefficient (Wildman–Crippen LogP) is 4.30. The number of aryl methyl sites for hydroxylation is 2. The molecule has 1 fully saturated rings. The van der Waals surface area contributed by atoms with Gasteiger partial charge in [0.15, 0.2) is 0 Å². The standard InChI is InChI=1S/C22H24FN5/c1-16-13-17(2)15-19(14-16)25-22-24-8-7-21(26-22)28-11-9-27(10-12-28)20-5-3-18(23)4-6-20/h3-8,13-15H,9-12H2,1-2H3,(H,24,25,26). The van der Waals surface area contributed by atoms with E-state index in [2.05, 4.69) is 52.1 Å². The SMILES string of the molecule is Cc1cc(C)cc(Nc2nccc(N3CCN(c4ccc(F)cc4)CC3)n2)c1. The van der Waals surface area contributed by atoms with Gasteiger partial charge in [0.05, 0.1) is 0 Å². The summed E-state index contributed by atoms with van der Waals surface area (Å²) in [5.41, 5.74) is 4.46. The second-order valence-corrected chi connectivity index (χ2v) is 7.19. The first-order valence-corrected chi connectivity index (χ1v) is 9.51. The molecule has 1 N–H and O–H groups in total. The molecule has 1 aliphatic rings. The molecule has 2 heterocycles. The van der Waals surface area contributed by atoms with Crippen molar-refractivity contribution in [2.24, 2.45) is 0 Å². The predicted molar refractivity (Wildman–Crippen MR) is 112 cm³/mol. The Morgan fingerprint density at radius 3 is 2.18 bits per heavy atom. The lowest BCUT2D eigenvalue weighted by Gasteiger charge is -2.36. The number of anilines is 4. The highest BCUT2D eigenvalue weighted by Crippen LogP contribution is 2.22. The molecular formula is C22H24FN5. The topological polar surface area (TPSA) is 44.3 Å². The lowest BCUT2D eigenvalue weighted by atomic mass is 10.1. The van der Waals surface area contributed by atoms with E-state index in [1.807, 2.05) is 18.2 Å². The zero-order chi connectivity index (χ0) is 19.5. The highest BCUT2D eigenvalue weighted by molar-refractivity contribution is 5.57. The van der Waals surface area contributed by atoms with E-state index in [-0.39, 0.29) is 5.82 Å². The number of nitrogens with one attached hydrogen (secondary N) is 1. The molecule has 6 heteroatoms. The van der Waals surface area contributed by atoms with Crippen LogP contribution in [0.25, 0.3) is 0 Å². The average molecular weight is 377 g/mol. The summed E-state index contributed by atoms with van der Waals surface area (Å²) in [6, 6.07) is 15.0. The van der Waals surface area contributed by atoms with Crippen molar-refractivity contribution in [3.05, 3.63) is 71.7 Å². The molecular weight excluding hydrogens is 353 g/mol. The van der Waals surface area contributed by atoms with E-state index in [1.54, 1.807) is 6.20 Å². The van der Waals surface area contributed by atoms with E-state index < -0.39 is 0 Å². The van der Waals surface area contributed by atoms with Crippen LogP contribution in [0.3, 0.4) is 0 Å². The van der Waals surface area contributed by atoms with Crippen molar-refractivity contribution < 1.29 is 4.39 Å². The molecule has 0 radical (unpaired) electrons. The zero-order valence-corrected chi connectivity index (χ0v) is 16.2. The lowest BCUT2D eigenvalue weighted by molar-refractivity contribution is 0.624. The third kappa shape index (κ3) is 4.22. The third-order valence-electron chi connectivity index (χ3n) is 4.91. The summed E-state index contributed by atoms with van der Waals surface area (Å²) in [5.74, 6) is 1.32. The first-order valence-electron chi connectivity index (χ1n) is 9.51. The number of piperazine rings is 1. The van der Waals surface area contributed by atoms with Crippen LogP contribution >= 0.6 is 0 Å². The number of benzene rings is 2. The van der Waals surface area contributed by atoms with Gasteiger partial charge >= 0.3 is 0 Å². The molecule has 0 bridgehead atoms. The van der Waals surface area contributed by atoms with Crippen LogP contribution in [0.2, 0.25) is 0 Å². The van der Waals surface area contributed by atoms with Crippen LogP contribution in [0, 0.1) is 19.7 Å². The number of halogens is 1. The summed E-state index contributed by atoms with van der Waals surface area (Å²) < 4.78 is 13.1. The molecule has 144 valence electrons. The minimum Gasteiger partial charge on any atom is -0.368 e. The molecule has 0 saturated carbocycles. The van der Waals surface area contributed by atoms with Crippen LogP contribution in [0.1, 0.15) is 11.1 Å². The van der Waals surface area contributed by atoms with E-state index in [0.29, 0.717) is 5.95 Å². The van der Waals surface area contributed by atoms with Crippen LogP contribution in [-0.2, 0) is 0 Å². The zero-order valence-electron chi connectivity index (χ0n) is 16.2. The van der Waals surface area contributed by atoms with Crippen molar-refractivity contribution in [2.45, 2.75) is 13.8 Å². The van der Waals surface area contributed by atoms with E-state index >= 15 is 0 Å². The summed E-state index contributed by atoms with van der Waals surface area (Å²) >= 11 is 0. The van der Waals surface area contributed by atoms with Gasteiger partial charge in [0, 0.05) is 43.8 Å². The minimum atomic E-state index is -0.202. The molecule has 1 aliphatic heterocycles. The van der Waals surface area contributed by atoms with Crippen LogP contribution in [-0.4, -0.2) is 36.1 Å². The number of rotatable bonds is 4. The molecule has 4 rings (SSSR count). The number of aromatic nitrogens is 2. The van der Waals surface area contributed by atoms with Gasteiger partial charge in [-0.05, 0) is 67.4 Å². The monoisotopic (exact) mass is 377 g/mol. The summed E-state index contributed by atoms with van der Waals surface area (Å²) in [6.45, 7) is 7.62. The highest BCUT2D eigenvalue weighted by atomic mass is 19.1. The summed E-state index contributed by atoms with van der Waals surface area (Å²) in [6.07, 6.45) is 1.79. The highest BCUT2D eigenvalue weighted by Gasteiger charge is 2.19. The Morgan fingerprint density at radius 1 is 0.857 bits per heavy atom. The Balaban J connectivity index is 1.43. The summed E-state index contributed by atoms with van der Waals surface area (Å²) in [7, 11) is 0. The molecule has 0 spiro atoms. The quantitative estimate of drug-likeness (QED) is 0.734. The van der Waals surface area contributed by atoms with Crippen molar-refractivity contribution in [1.82, 2.24) is 9.97 Å². The molecule has 1 saturated heterocycles. The van der Waals surface area contributed by atoms with Crippen LogP contribution in [0.5, 0.6) is 0 Å². The van der Waals surface area contributed by atoms with Crippen molar-refractivity contribution in [3.8, 4) is 0 Å². The van der Waals surface area contributed by atoms with Crippen LogP contribution < -0.4 is 15.1 Å². The maximum Gasteiger partial charge on any atom is 0.229 e. The van der Waals surface area contributed by atoms with E-state index in [9.17, 15) is 4.39 Å². The summed E-state index contributed by atoms with van der Waals surface area (Å²) in [4.78, 5) is 13.6. The molecule has 0 atom stereocenters. The van der Waals surface area contributed by atoms with Gasteiger partial charge in [0.25, 0.3) is 0 Å². The number of hydrogen-bond acceptors (Lipinski definition) is 5. The Kier molecular flexibility index (Phi) is 5.10. The van der Waals surface area contributed by atoms with Crippen molar-refractivity contribution >= 4 is 23.1 Å². The van der Waals surface area contributed by atoms with Crippen LogP contribution in [0.15, 0.2) is 54.7 Å². The first-order chi connectivity index (χ1) is 13.6. The van der Waals surface area contributed by atoms with E-state index in [1.165, 1.54) is 23.3 Å². The van der Waals surface area contributed by atoms with E-state index in [4.69, 9.17) is 4.98 Å². The molecule has 28 heavy (non-hydrogen) atoms. The van der Waals surface area contributed by atoms with Gasteiger partial charge in [-0.25, -0.2) is 9.37 Å². The van der Waals surface area contributed by atoms with Crippen LogP contribution in [0.4, 0.5) is 27.5 Å². The van der Waals surface area contributed by atoms with Gasteiger partial charge in [-0.3, -0.25) is 0 Å². The molecule has 0 unspecified atom stereocenters. The maximum atomic E-state index is 13.1. The fourth-order valence-corrected chi connectivity index (χ4v) is 3.61. The second kappa shape index (κ2) is 7.84. The Morgan fingerprint density at radius 2 is 1.50 bits per heavy atom. The van der Waals surface area contributed by atoms with Crippen molar-refractivity contribution in [2.75, 3.05) is 41.3 Å². The molecule has 5 nitrogen and oxygen atoms in total. The van der Waals surface area contributed by atoms with Crippen molar-refractivity contribution in [3.63, 3.8) is 0 Å². The number of hydrogen-bond donors (Lipinski definition) is 1. The molecule has 0 amide bonds. The van der Waals surface area contributed by atoms with Gasteiger partial charge in [-0.2, -0.15) is 4.98 Å².